The molecule has 1 N–H and O–H groups in total. The summed E-state index contributed by atoms with van der Waals surface area (Å²) in [4.78, 5) is 16.8. The maximum Gasteiger partial charge on any atom is 0.232 e. The summed E-state index contributed by atoms with van der Waals surface area (Å²) in [6.45, 7) is 0. The Morgan fingerprint density at radius 1 is 1.39 bits per heavy atom. The molecule has 4 fully saturated rings. The predicted octanol–water partition coefficient (Wildman–Crippen LogP) is 3.67. The second-order valence-corrected chi connectivity index (χ2v) is 8.53. The Balaban J connectivity index is 1.58. The number of hydrogen-bond acceptors (Lipinski definition) is 3. The number of carbonyl (C=O) groups is 1. The summed E-state index contributed by atoms with van der Waals surface area (Å²) in [5, 5.41) is 3.78. The van der Waals surface area contributed by atoms with Gasteiger partial charge in [-0.3, -0.25) is 4.79 Å². The molecule has 4 saturated carbocycles. The smallest absolute Gasteiger partial charge is 0.232 e. The second kappa shape index (κ2) is 3.79. The maximum absolute atomic E-state index is 12.6. The van der Waals surface area contributed by atoms with Crippen LogP contribution in [0.15, 0.2) is 9.98 Å². The normalized spacial score (nSPS) is 40.4. The lowest BCUT2D eigenvalue weighted by atomic mass is 9.75. The van der Waals surface area contributed by atoms with Crippen LogP contribution in [0.4, 0.5) is 5.13 Å². The second-order valence-electron chi connectivity index (χ2n) is 6.12. The first-order chi connectivity index (χ1) is 8.65. The average Bonchev–Trinajstić information content (AvgIpc) is 2.90. The van der Waals surface area contributed by atoms with Gasteiger partial charge in [0.1, 0.15) is 0 Å². The number of nitrogens with one attached hydrogen (secondary N) is 1. The summed E-state index contributed by atoms with van der Waals surface area (Å²) >= 11 is 4.87. The Morgan fingerprint density at radius 3 is 2.72 bits per heavy atom. The largest absolute Gasteiger partial charge is 0.301 e. The van der Waals surface area contributed by atoms with Crippen LogP contribution in [0.3, 0.4) is 0 Å². The Morgan fingerprint density at radius 2 is 2.11 bits per heavy atom. The molecule has 0 radical (unpaired) electrons. The van der Waals surface area contributed by atoms with Crippen molar-refractivity contribution in [1.82, 2.24) is 4.98 Å². The summed E-state index contributed by atoms with van der Waals surface area (Å²) in [6.07, 6.45) is 7.92. The van der Waals surface area contributed by atoms with Crippen molar-refractivity contribution < 1.29 is 4.79 Å². The van der Waals surface area contributed by atoms with Crippen molar-refractivity contribution in [1.29, 1.82) is 0 Å². The lowest BCUT2D eigenvalue weighted by molar-refractivity contribution is -0.127. The molecule has 0 spiro atoms. The Hall–Kier alpha value is -0.420. The van der Waals surface area contributed by atoms with E-state index in [1.54, 1.807) is 6.20 Å². The van der Waals surface area contributed by atoms with Gasteiger partial charge < -0.3 is 5.32 Å². The highest BCUT2D eigenvalue weighted by molar-refractivity contribution is 9.11. The Bertz CT molecular complexity index is 501. The van der Waals surface area contributed by atoms with E-state index in [0.717, 1.165) is 33.6 Å². The zero-order valence-corrected chi connectivity index (χ0v) is 12.4. The molecule has 18 heavy (non-hydrogen) atoms. The third-order valence-electron chi connectivity index (χ3n) is 5.14. The molecule has 4 aliphatic carbocycles. The van der Waals surface area contributed by atoms with Gasteiger partial charge in [0.2, 0.25) is 5.91 Å². The molecule has 4 aliphatic rings. The van der Waals surface area contributed by atoms with Crippen molar-refractivity contribution in [3.63, 3.8) is 0 Å². The molecule has 1 heterocycles. The average molecular weight is 327 g/mol. The number of halogens is 1. The van der Waals surface area contributed by atoms with Crippen LogP contribution in [0.25, 0.3) is 0 Å². The third kappa shape index (κ3) is 1.53. The summed E-state index contributed by atoms with van der Waals surface area (Å²) in [6, 6.07) is 0. The minimum atomic E-state index is -0.0499. The van der Waals surface area contributed by atoms with Crippen molar-refractivity contribution in [2.75, 3.05) is 5.32 Å². The van der Waals surface area contributed by atoms with E-state index in [-0.39, 0.29) is 11.3 Å². The van der Waals surface area contributed by atoms with E-state index in [0.29, 0.717) is 5.92 Å². The van der Waals surface area contributed by atoms with E-state index in [4.69, 9.17) is 0 Å². The Labute approximate surface area is 119 Å². The summed E-state index contributed by atoms with van der Waals surface area (Å²) in [7, 11) is 0. The molecule has 5 rings (SSSR count). The molecular formula is C13H15BrN2OS. The van der Waals surface area contributed by atoms with Gasteiger partial charge in [0.15, 0.2) is 5.13 Å². The topological polar surface area (TPSA) is 42.0 Å². The van der Waals surface area contributed by atoms with E-state index < -0.39 is 0 Å². The van der Waals surface area contributed by atoms with Crippen LogP contribution in [0, 0.1) is 23.2 Å². The first kappa shape index (κ1) is 11.4. The fraction of sp³-hybridized carbons (Fsp3) is 0.692. The number of anilines is 1. The molecule has 1 amide bonds. The van der Waals surface area contributed by atoms with E-state index in [1.165, 1.54) is 30.6 Å². The van der Waals surface area contributed by atoms with Crippen molar-refractivity contribution in [3.8, 4) is 0 Å². The molecule has 1 aromatic heterocycles. The predicted molar refractivity (Wildman–Crippen MR) is 74.4 cm³/mol. The van der Waals surface area contributed by atoms with E-state index in [1.807, 2.05) is 0 Å². The van der Waals surface area contributed by atoms with Gasteiger partial charge >= 0.3 is 0 Å². The Kier molecular flexibility index (Phi) is 2.40. The number of hydrogen-bond donors (Lipinski definition) is 1. The van der Waals surface area contributed by atoms with Crippen LogP contribution in [0.5, 0.6) is 0 Å². The summed E-state index contributed by atoms with van der Waals surface area (Å²) in [5.41, 5.74) is -0.0499. The number of thiazole rings is 1. The number of rotatable bonds is 2. The van der Waals surface area contributed by atoms with Gasteiger partial charge in [-0.25, -0.2) is 4.98 Å². The zero-order chi connectivity index (χ0) is 12.3. The standard InChI is InChI=1S/C13H15BrN2OS/c14-10-6-15-12(18-10)16-11(17)13-4-7-1-8(5-13)3-9(13)2-7/h6-9H,1-5H2,(H,15,16,17). The van der Waals surface area contributed by atoms with Gasteiger partial charge in [-0.1, -0.05) is 11.3 Å². The first-order valence-electron chi connectivity index (χ1n) is 6.58. The van der Waals surface area contributed by atoms with Crippen molar-refractivity contribution >= 4 is 38.3 Å². The molecular weight excluding hydrogens is 312 g/mol. The summed E-state index contributed by atoms with van der Waals surface area (Å²) in [5.74, 6) is 2.51. The van der Waals surface area contributed by atoms with Gasteiger partial charge in [0.05, 0.1) is 15.4 Å². The van der Waals surface area contributed by atoms with Crippen LogP contribution in [-0.2, 0) is 4.79 Å². The molecule has 0 aromatic carbocycles. The molecule has 5 heteroatoms. The van der Waals surface area contributed by atoms with Gasteiger partial charge in [-0.05, 0) is 65.8 Å². The van der Waals surface area contributed by atoms with E-state index in [9.17, 15) is 4.79 Å². The van der Waals surface area contributed by atoms with Crippen LogP contribution < -0.4 is 5.32 Å². The molecule has 0 saturated heterocycles. The highest BCUT2D eigenvalue weighted by Crippen LogP contribution is 2.65. The number of carbonyl (C=O) groups excluding carboxylic acids is 1. The van der Waals surface area contributed by atoms with Gasteiger partial charge in [-0.2, -0.15) is 0 Å². The molecule has 1 aromatic rings. The van der Waals surface area contributed by atoms with Gasteiger partial charge in [0.25, 0.3) is 0 Å². The van der Waals surface area contributed by atoms with Crippen LogP contribution in [0.1, 0.15) is 32.1 Å². The lowest BCUT2D eigenvalue weighted by Gasteiger charge is -2.31. The number of amides is 1. The monoisotopic (exact) mass is 326 g/mol. The fourth-order valence-electron chi connectivity index (χ4n) is 4.70. The van der Waals surface area contributed by atoms with E-state index in [2.05, 4.69) is 26.2 Å². The lowest BCUT2D eigenvalue weighted by Crippen LogP contribution is -2.37. The van der Waals surface area contributed by atoms with Crippen LogP contribution in [-0.4, -0.2) is 10.9 Å². The van der Waals surface area contributed by atoms with Gasteiger partial charge in [0, 0.05) is 0 Å². The third-order valence-corrected chi connectivity index (χ3v) is 6.53. The zero-order valence-electron chi connectivity index (χ0n) is 9.99. The fourth-order valence-corrected chi connectivity index (χ4v) is 5.80. The number of aromatic nitrogens is 1. The molecule has 0 aliphatic heterocycles. The SMILES string of the molecule is O=C(Nc1ncc(Br)s1)C12CC3CC(CC1C3)C2. The minimum Gasteiger partial charge on any atom is -0.301 e. The van der Waals surface area contributed by atoms with E-state index >= 15 is 0 Å². The number of nitrogens with zero attached hydrogens (tertiary/aromatic N) is 1. The molecule has 96 valence electrons. The molecule has 3 nitrogen and oxygen atoms in total. The molecule has 4 bridgehead atoms. The maximum atomic E-state index is 12.6. The van der Waals surface area contributed by atoms with Crippen molar-refractivity contribution in [2.24, 2.45) is 23.2 Å². The minimum absolute atomic E-state index is 0.0499. The first-order valence-corrected chi connectivity index (χ1v) is 8.19. The highest BCUT2D eigenvalue weighted by atomic mass is 79.9. The van der Waals surface area contributed by atoms with Crippen molar-refractivity contribution in [3.05, 3.63) is 9.98 Å². The highest BCUT2D eigenvalue weighted by Gasteiger charge is 2.61. The van der Waals surface area contributed by atoms with Gasteiger partial charge in [-0.15, -0.1) is 0 Å². The van der Waals surface area contributed by atoms with Crippen LogP contribution in [0.2, 0.25) is 0 Å². The molecule has 2 atom stereocenters. The van der Waals surface area contributed by atoms with Crippen LogP contribution >= 0.6 is 27.3 Å². The quantitative estimate of drug-likeness (QED) is 0.900. The summed E-state index contributed by atoms with van der Waals surface area (Å²) < 4.78 is 0.965. The van der Waals surface area contributed by atoms with Crippen molar-refractivity contribution in [2.45, 2.75) is 32.1 Å². The molecule has 2 unspecified atom stereocenters.